The molecular formula is C17H13FN4O. The topological polar surface area (TPSA) is 84.7 Å². The van der Waals surface area contributed by atoms with Gasteiger partial charge in [0.15, 0.2) is 0 Å². The lowest BCUT2D eigenvalue weighted by Crippen LogP contribution is -2.28. The number of benzene rings is 2. The first kappa shape index (κ1) is 14.9. The summed E-state index contributed by atoms with van der Waals surface area (Å²) in [7, 11) is 0. The van der Waals surface area contributed by atoms with Crippen molar-refractivity contribution in [2.45, 2.75) is 13.0 Å². The molecule has 3 aromatic rings. The second-order valence-electron chi connectivity index (χ2n) is 5.20. The van der Waals surface area contributed by atoms with E-state index in [4.69, 9.17) is 11.0 Å². The molecule has 0 aliphatic rings. The van der Waals surface area contributed by atoms with Crippen LogP contribution in [0.15, 0.2) is 47.3 Å². The first-order chi connectivity index (χ1) is 11.0. The van der Waals surface area contributed by atoms with E-state index < -0.39 is 17.4 Å². The van der Waals surface area contributed by atoms with Gasteiger partial charge in [0, 0.05) is 0 Å². The fourth-order valence-electron chi connectivity index (χ4n) is 2.48. The highest BCUT2D eigenvalue weighted by atomic mass is 19.1. The highest BCUT2D eigenvalue weighted by Crippen LogP contribution is 2.19. The molecule has 0 aliphatic carbocycles. The molecule has 23 heavy (non-hydrogen) atoms. The van der Waals surface area contributed by atoms with Crippen molar-refractivity contribution in [3.63, 3.8) is 0 Å². The summed E-state index contributed by atoms with van der Waals surface area (Å²) >= 11 is 0. The molecule has 6 heteroatoms. The Morgan fingerprint density at radius 1 is 1.30 bits per heavy atom. The molecule has 0 unspecified atom stereocenters. The molecule has 0 saturated carbocycles. The van der Waals surface area contributed by atoms with Gasteiger partial charge in [0.2, 0.25) is 0 Å². The van der Waals surface area contributed by atoms with E-state index >= 15 is 0 Å². The van der Waals surface area contributed by atoms with Crippen LogP contribution in [0, 0.1) is 17.1 Å². The van der Waals surface area contributed by atoms with E-state index in [1.165, 1.54) is 16.7 Å². The highest BCUT2D eigenvalue weighted by molar-refractivity contribution is 5.78. The lowest BCUT2D eigenvalue weighted by Gasteiger charge is -2.16. The van der Waals surface area contributed by atoms with E-state index in [0.717, 1.165) is 0 Å². The molecule has 1 aromatic heterocycles. The predicted molar refractivity (Wildman–Crippen MR) is 84.6 cm³/mol. The molecule has 2 aromatic carbocycles. The Hall–Kier alpha value is -3.04. The maximum Gasteiger partial charge on any atom is 0.269 e. The van der Waals surface area contributed by atoms with Crippen LogP contribution in [0.1, 0.15) is 24.4 Å². The lowest BCUT2D eigenvalue weighted by molar-refractivity contribution is 0.633. The van der Waals surface area contributed by atoms with Crippen molar-refractivity contribution in [3.05, 3.63) is 70.0 Å². The number of nitrogens with two attached hydrogens (primary N) is 1. The van der Waals surface area contributed by atoms with Crippen LogP contribution in [0.2, 0.25) is 0 Å². The van der Waals surface area contributed by atoms with Crippen molar-refractivity contribution in [1.29, 1.82) is 5.26 Å². The minimum absolute atomic E-state index is 0.0979. The molecule has 0 aliphatic heterocycles. The fourth-order valence-corrected chi connectivity index (χ4v) is 2.48. The summed E-state index contributed by atoms with van der Waals surface area (Å²) in [5.74, 6) is -0.329. The van der Waals surface area contributed by atoms with Crippen LogP contribution >= 0.6 is 0 Å². The van der Waals surface area contributed by atoms with Crippen molar-refractivity contribution < 1.29 is 4.39 Å². The second-order valence-corrected chi connectivity index (χ2v) is 5.20. The Morgan fingerprint density at radius 2 is 2.04 bits per heavy atom. The van der Waals surface area contributed by atoms with E-state index in [2.05, 4.69) is 4.98 Å². The Bertz CT molecular complexity index is 1000. The molecule has 0 spiro atoms. The first-order valence-electron chi connectivity index (χ1n) is 7.00. The average molecular weight is 308 g/mol. The molecule has 3 rings (SSSR count). The van der Waals surface area contributed by atoms with E-state index in [0.29, 0.717) is 17.1 Å². The second kappa shape index (κ2) is 5.63. The van der Waals surface area contributed by atoms with Gasteiger partial charge in [-0.15, -0.1) is 0 Å². The summed E-state index contributed by atoms with van der Waals surface area (Å²) in [5.41, 5.74) is 6.47. The van der Waals surface area contributed by atoms with Gasteiger partial charge in [-0.25, -0.2) is 9.37 Å². The van der Waals surface area contributed by atoms with E-state index in [-0.39, 0.29) is 10.9 Å². The quantitative estimate of drug-likeness (QED) is 0.788. The van der Waals surface area contributed by atoms with Crippen molar-refractivity contribution >= 4 is 10.9 Å². The van der Waals surface area contributed by atoms with Gasteiger partial charge in [0.25, 0.3) is 5.56 Å². The molecule has 0 radical (unpaired) electrons. The van der Waals surface area contributed by atoms with Crippen LogP contribution in [0.5, 0.6) is 0 Å². The monoisotopic (exact) mass is 308 g/mol. The number of aromatic nitrogens is 2. The van der Waals surface area contributed by atoms with Crippen molar-refractivity contribution in [3.8, 4) is 11.8 Å². The number of nitrogens with zero attached hydrogens (tertiary/aromatic N) is 3. The molecule has 0 fully saturated rings. The number of fused-ring (bicyclic) bond motifs is 1. The molecular weight excluding hydrogens is 295 g/mol. The van der Waals surface area contributed by atoms with Crippen molar-refractivity contribution in [2.75, 3.05) is 0 Å². The van der Waals surface area contributed by atoms with Gasteiger partial charge >= 0.3 is 0 Å². The van der Waals surface area contributed by atoms with E-state index in [1.54, 1.807) is 37.3 Å². The maximum atomic E-state index is 14.1. The fraction of sp³-hybridized carbons (Fsp3) is 0.118. The van der Waals surface area contributed by atoms with Crippen LogP contribution in [0.3, 0.4) is 0 Å². The molecule has 0 amide bonds. The van der Waals surface area contributed by atoms with E-state index in [1.807, 2.05) is 6.07 Å². The van der Waals surface area contributed by atoms with Gasteiger partial charge in [-0.05, 0) is 37.3 Å². The predicted octanol–water partition coefficient (Wildman–Crippen LogP) is 2.42. The zero-order chi connectivity index (χ0) is 16.6. The van der Waals surface area contributed by atoms with Gasteiger partial charge < -0.3 is 5.73 Å². The summed E-state index contributed by atoms with van der Waals surface area (Å²) in [6.45, 7) is 1.69. The molecule has 1 heterocycles. The Morgan fingerprint density at radius 3 is 2.74 bits per heavy atom. The minimum Gasteiger partial charge on any atom is -0.322 e. The molecule has 5 nitrogen and oxygen atoms in total. The minimum atomic E-state index is -0.638. The number of hydrogen-bond donors (Lipinski definition) is 1. The molecule has 0 saturated heterocycles. The smallest absolute Gasteiger partial charge is 0.269 e. The highest BCUT2D eigenvalue weighted by Gasteiger charge is 2.17. The number of rotatable bonds is 2. The van der Waals surface area contributed by atoms with Crippen LogP contribution < -0.4 is 11.3 Å². The van der Waals surface area contributed by atoms with E-state index in [9.17, 15) is 9.18 Å². The van der Waals surface area contributed by atoms with Gasteiger partial charge in [0.05, 0.1) is 28.9 Å². The number of halogens is 1. The third-order valence-electron chi connectivity index (χ3n) is 3.51. The summed E-state index contributed by atoms with van der Waals surface area (Å²) in [4.78, 5) is 17.2. The summed E-state index contributed by atoms with van der Waals surface area (Å²) in [5, 5.41) is 8.94. The summed E-state index contributed by atoms with van der Waals surface area (Å²) in [6.07, 6.45) is 0. The Labute approximate surface area is 131 Å². The van der Waals surface area contributed by atoms with Crippen LogP contribution in [-0.4, -0.2) is 9.55 Å². The van der Waals surface area contributed by atoms with Crippen LogP contribution in [0.25, 0.3) is 16.6 Å². The third kappa shape index (κ3) is 2.47. The molecule has 1 atom stereocenters. The van der Waals surface area contributed by atoms with Crippen molar-refractivity contribution in [1.82, 2.24) is 9.55 Å². The maximum absolute atomic E-state index is 14.1. The Kier molecular flexibility index (Phi) is 3.64. The molecule has 2 N–H and O–H groups in total. The molecule has 114 valence electrons. The van der Waals surface area contributed by atoms with Crippen molar-refractivity contribution in [2.24, 2.45) is 5.73 Å². The number of hydrogen-bond acceptors (Lipinski definition) is 4. The Balaban J connectivity index is 2.45. The number of nitriles is 1. The third-order valence-corrected chi connectivity index (χ3v) is 3.51. The van der Waals surface area contributed by atoms with Gasteiger partial charge in [0.1, 0.15) is 17.0 Å². The standard InChI is InChI=1S/C17H13FN4O/c1-10(20)16-21-14-7-3-6-13(18)15(14)17(23)22(16)12-5-2-4-11(8-12)9-19/h2-8,10H,20H2,1H3/t10-/m0/s1. The first-order valence-corrected chi connectivity index (χ1v) is 7.00. The largest absolute Gasteiger partial charge is 0.322 e. The lowest BCUT2D eigenvalue weighted by atomic mass is 10.1. The van der Waals surface area contributed by atoms with Gasteiger partial charge in [-0.3, -0.25) is 9.36 Å². The summed E-state index contributed by atoms with van der Waals surface area (Å²) < 4.78 is 15.3. The van der Waals surface area contributed by atoms with Crippen LogP contribution in [-0.2, 0) is 0 Å². The SMILES string of the molecule is C[C@H](N)c1nc2cccc(F)c2c(=O)n1-c1cccc(C#N)c1. The molecule has 0 bridgehead atoms. The van der Waals surface area contributed by atoms with Gasteiger partial charge in [-0.1, -0.05) is 12.1 Å². The summed E-state index contributed by atoms with van der Waals surface area (Å²) in [6, 6.07) is 12.2. The van der Waals surface area contributed by atoms with Gasteiger partial charge in [-0.2, -0.15) is 5.26 Å². The average Bonchev–Trinajstić information content (AvgIpc) is 2.54. The van der Waals surface area contributed by atoms with Crippen LogP contribution in [0.4, 0.5) is 4.39 Å². The zero-order valence-corrected chi connectivity index (χ0v) is 12.3. The zero-order valence-electron chi connectivity index (χ0n) is 12.3. The normalized spacial score (nSPS) is 12.1.